The third-order valence-corrected chi connectivity index (χ3v) is 2.28. The average molecular weight is 261 g/mol. The summed E-state index contributed by atoms with van der Waals surface area (Å²) in [5, 5.41) is 0. The van der Waals surface area contributed by atoms with Crippen molar-refractivity contribution in [1.29, 1.82) is 0 Å². The van der Waals surface area contributed by atoms with Gasteiger partial charge in [-0.1, -0.05) is 12.1 Å². The molecular formula is C13H18F3NO. The lowest BCUT2D eigenvalue weighted by atomic mass is 10.1. The van der Waals surface area contributed by atoms with Gasteiger partial charge in [-0.05, 0) is 45.4 Å². The summed E-state index contributed by atoms with van der Waals surface area (Å²) in [6.45, 7) is 7.49. The summed E-state index contributed by atoms with van der Waals surface area (Å²) >= 11 is 0. The molecule has 0 spiro atoms. The first-order chi connectivity index (χ1) is 8.09. The van der Waals surface area contributed by atoms with Crippen LogP contribution in [0.25, 0.3) is 0 Å². The van der Waals surface area contributed by atoms with E-state index in [9.17, 15) is 13.2 Å². The number of benzene rings is 1. The van der Waals surface area contributed by atoms with Crippen LogP contribution in [0.3, 0.4) is 0 Å². The Morgan fingerprint density at radius 1 is 1.06 bits per heavy atom. The van der Waals surface area contributed by atoms with E-state index in [0.29, 0.717) is 0 Å². The molecule has 0 amide bonds. The normalized spacial score (nSPS) is 14.6. The number of hydroxylamine groups is 1. The summed E-state index contributed by atoms with van der Waals surface area (Å²) in [6.07, 6.45) is -4.29. The monoisotopic (exact) mass is 261 g/mol. The predicted molar refractivity (Wildman–Crippen MR) is 63.8 cm³/mol. The summed E-state index contributed by atoms with van der Waals surface area (Å²) in [5.74, 6) is 0. The van der Waals surface area contributed by atoms with Crippen molar-refractivity contribution in [3.05, 3.63) is 35.4 Å². The highest BCUT2D eigenvalue weighted by molar-refractivity contribution is 5.26. The number of hydrogen-bond donors (Lipinski definition) is 1. The van der Waals surface area contributed by atoms with Crippen molar-refractivity contribution in [2.24, 2.45) is 0 Å². The Morgan fingerprint density at radius 2 is 1.56 bits per heavy atom. The van der Waals surface area contributed by atoms with Crippen LogP contribution in [0.5, 0.6) is 0 Å². The molecule has 1 atom stereocenters. The number of nitrogens with one attached hydrogen (secondary N) is 1. The zero-order valence-electron chi connectivity index (χ0n) is 10.9. The minimum absolute atomic E-state index is 0.175. The van der Waals surface area contributed by atoms with E-state index in [1.54, 1.807) is 0 Å². The van der Waals surface area contributed by atoms with Crippen LogP contribution in [0.15, 0.2) is 24.3 Å². The molecule has 0 bridgehead atoms. The molecular weight excluding hydrogens is 243 g/mol. The summed E-state index contributed by atoms with van der Waals surface area (Å²) in [7, 11) is 0. The van der Waals surface area contributed by atoms with Crippen LogP contribution in [0.1, 0.15) is 44.9 Å². The van der Waals surface area contributed by atoms with E-state index >= 15 is 0 Å². The Balaban J connectivity index is 2.68. The van der Waals surface area contributed by atoms with Gasteiger partial charge in [-0.2, -0.15) is 18.7 Å². The molecule has 0 saturated carbocycles. The van der Waals surface area contributed by atoms with Crippen LogP contribution in [0, 0.1) is 0 Å². The summed E-state index contributed by atoms with van der Waals surface area (Å²) < 4.78 is 37.2. The number of alkyl halides is 3. The van der Waals surface area contributed by atoms with E-state index in [4.69, 9.17) is 4.84 Å². The fourth-order valence-corrected chi connectivity index (χ4v) is 1.29. The van der Waals surface area contributed by atoms with Crippen molar-refractivity contribution in [3.8, 4) is 0 Å². The Morgan fingerprint density at radius 3 is 1.94 bits per heavy atom. The molecule has 102 valence electrons. The Bertz CT molecular complexity index is 379. The van der Waals surface area contributed by atoms with Gasteiger partial charge >= 0.3 is 6.18 Å². The molecule has 18 heavy (non-hydrogen) atoms. The molecule has 1 aromatic carbocycles. The van der Waals surface area contributed by atoms with Gasteiger partial charge < -0.3 is 0 Å². The van der Waals surface area contributed by atoms with E-state index in [1.807, 2.05) is 27.7 Å². The first-order valence-corrected chi connectivity index (χ1v) is 5.70. The predicted octanol–water partition coefficient (Wildman–Crippen LogP) is 4.09. The van der Waals surface area contributed by atoms with Crippen LogP contribution < -0.4 is 5.48 Å². The second-order valence-electron chi connectivity index (χ2n) is 5.17. The highest BCUT2D eigenvalue weighted by Gasteiger charge is 2.30. The molecule has 0 aliphatic carbocycles. The van der Waals surface area contributed by atoms with Crippen LogP contribution in [-0.4, -0.2) is 5.60 Å². The molecule has 5 heteroatoms. The van der Waals surface area contributed by atoms with Gasteiger partial charge in [0.05, 0.1) is 17.2 Å². The van der Waals surface area contributed by atoms with E-state index in [1.165, 1.54) is 12.1 Å². The van der Waals surface area contributed by atoms with Gasteiger partial charge in [-0.25, -0.2) is 0 Å². The van der Waals surface area contributed by atoms with E-state index in [0.717, 1.165) is 17.7 Å². The zero-order chi connectivity index (χ0) is 14.0. The Labute approximate surface area is 105 Å². The quantitative estimate of drug-likeness (QED) is 0.827. The highest BCUT2D eigenvalue weighted by atomic mass is 19.4. The molecule has 0 aliphatic rings. The molecule has 1 unspecified atom stereocenters. The first kappa shape index (κ1) is 15.0. The largest absolute Gasteiger partial charge is 0.416 e. The third-order valence-electron chi connectivity index (χ3n) is 2.28. The van der Waals surface area contributed by atoms with Crippen molar-refractivity contribution in [2.45, 2.75) is 45.5 Å². The molecule has 0 saturated heterocycles. The van der Waals surface area contributed by atoms with Crippen molar-refractivity contribution < 1.29 is 18.0 Å². The van der Waals surface area contributed by atoms with E-state index in [-0.39, 0.29) is 11.6 Å². The molecule has 1 rings (SSSR count). The highest BCUT2D eigenvalue weighted by Crippen LogP contribution is 2.29. The van der Waals surface area contributed by atoms with Crippen LogP contribution in [0.4, 0.5) is 13.2 Å². The fraction of sp³-hybridized carbons (Fsp3) is 0.538. The SMILES string of the molecule is CC(NOC(C)(C)C)c1ccc(C(F)(F)F)cc1. The molecule has 0 radical (unpaired) electrons. The first-order valence-electron chi connectivity index (χ1n) is 5.70. The Hall–Kier alpha value is -1.07. The average Bonchev–Trinajstić information content (AvgIpc) is 2.24. The van der Waals surface area contributed by atoms with Gasteiger partial charge in [-0.3, -0.25) is 4.84 Å². The van der Waals surface area contributed by atoms with Gasteiger partial charge in [0.15, 0.2) is 0 Å². The maximum Gasteiger partial charge on any atom is 0.416 e. The summed E-state index contributed by atoms with van der Waals surface area (Å²) in [4.78, 5) is 5.37. The van der Waals surface area contributed by atoms with E-state index < -0.39 is 11.7 Å². The molecule has 0 aliphatic heterocycles. The third kappa shape index (κ3) is 4.66. The van der Waals surface area contributed by atoms with Gasteiger partial charge in [0.1, 0.15) is 0 Å². The van der Waals surface area contributed by atoms with E-state index in [2.05, 4.69) is 5.48 Å². The minimum Gasteiger partial charge on any atom is -0.296 e. The zero-order valence-corrected chi connectivity index (χ0v) is 10.9. The van der Waals surface area contributed by atoms with Crippen molar-refractivity contribution in [3.63, 3.8) is 0 Å². The molecule has 2 nitrogen and oxygen atoms in total. The maximum absolute atomic E-state index is 12.4. The number of halogens is 3. The van der Waals surface area contributed by atoms with Crippen molar-refractivity contribution in [1.82, 2.24) is 5.48 Å². The topological polar surface area (TPSA) is 21.3 Å². The van der Waals surface area contributed by atoms with Crippen LogP contribution >= 0.6 is 0 Å². The Kier molecular flexibility index (Phi) is 4.40. The lowest BCUT2D eigenvalue weighted by molar-refractivity contribution is -0.137. The van der Waals surface area contributed by atoms with Gasteiger partial charge in [0.2, 0.25) is 0 Å². The fourth-order valence-electron chi connectivity index (χ4n) is 1.29. The maximum atomic E-state index is 12.4. The standard InChI is InChI=1S/C13H18F3NO/c1-9(17-18-12(2,3)4)10-5-7-11(8-6-10)13(14,15)16/h5-9,17H,1-4H3. The van der Waals surface area contributed by atoms with Gasteiger partial charge in [0.25, 0.3) is 0 Å². The molecule has 0 fully saturated rings. The smallest absolute Gasteiger partial charge is 0.296 e. The second-order valence-corrected chi connectivity index (χ2v) is 5.17. The van der Waals surface area contributed by atoms with Gasteiger partial charge in [-0.15, -0.1) is 0 Å². The van der Waals surface area contributed by atoms with Crippen LogP contribution in [-0.2, 0) is 11.0 Å². The van der Waals surface area contributed by atoms with Crippen molar-refractivity contribution in [2.75, 3.05) is 0 Å². The molecule has 1 N–H and O–H groups in total. The number of hydrogen-bond acceptors (Lipinski definition) is 2. The molecule has 0 heterocycles. The number of rotatable bonds is 3. The molecule has 1 aromatic rings. The molecule has 0 aromatic heterocycles. The van der Waals surface area contributed by atoms with Crippen LogP contribution in [0.2, 0.25) is 0 Å². The lowest BCUT2D eigenvalue weighted by Crippen LogP contribution is -2.31. The second kappa shape index (κ2) is 5.28. The van der Waals surface area contributed by atoms with Crippen molar-refractivity contribution >= 4 is 0 Å². The lowest BCUT2D eigenvalue weighted by Gasteiger charge is -2.23. The summed E-state index contributed by atoms with van der Waals surface area (Å²) in [6, 6.07) is 4.88. The van der Waals surface area contributed by atoms with Gasteiger partial charge in [0, 0.05) is 0 Å². The minimum atomic E-state index is -4.29. The summed E-state index contributed by atoms with van der Waals surface area (Å²) in [5.41, 5.74) is 2.57.